The second kappa shape index (κ2) is 5.55. The molecule has 0 rings (SSSR count). The summed E-state index contributed by atoms with van der Waals surface area (Å²) in [5.74, 6) is -1.30. The molecule has 0 spiro atoms. The second-order valence-electron chi connectivity index (χ2n) is 6.23. The Morgan fingerprint density at radius 2 is 1.00 bits per heavy atom. The van der Waals surface area contributed by atoms with Crippen molar-refractivity contribution in [1.29, 1.82) is 0 Å². The maximum Gasteiger partial charge on any atom is 0.345 e. The minimum absolute atomic E-state index is 0.000000000000000666. The van der Waals surface area contributed by atoms with Crippen LogP contribution >= 0.6 is 0 Å². The predicted molar refractivity (Wildman–Crippen MR) is 70.0 cm³/mol. The van der Waals surface area contributed by atoms with Gasteiger partial charge in [0.1, 0.15) is 5.57 Å². The van der Waals surface area contributed by atoms with Crippen molar-refractivity contribution in [3.8, 4) is 0 Å². The van der Waals surface area contributed by atoms with Gasteiger partial charge < -0.3 is 9.47 Å². The fourth-order valence-corrected chi connectivity index (χ4v) is 2.37. The average Bonchev–Trinajstić information content (AvgIpc) is 2.19. The molecule has 0 aliphatic heterocycles. The van der Waals surface area contributed by atoms with Crippen LogP contribution in [0.5, 0.6) is 0 Å². The van der Waals surface area contributed by atoms with Gasteiger partial charge in [-0.05, 0) is 16.4 Å². The third kappa shape index (κ3) is 3.86. The van der Waals surface area contributed by atoms with Gasteiger partial charge in [0.15, 0.2) is 0 Å². The van der Waals surface area contributed by atoms with Gasteiger partial charge in [-0.25, -0.2) is 9.59 Å². The molecule has 0 bridgehead atoms. The number of carbonyl (C=O) groups is 2. The summed E-state index contributed by atoms with van der Waals surface area (Å²) in [7, 11) is 2.52. The zero-order valence-electron chi connectivity index (χ0n) is 12.6. The van der Waals surface area contributed by atoms with Gasteiger partial charge in [-0.15, -0.1) is 0 Å². The highest BCUT2D eigenvalue weighted by atomic mass is 16.5. The van der Waals surface area contributed by atoms with E-state index in [1.807, 2.05) is 41.5 Å². The number of hydrogen-bond donors (Lipinski definition) is 0. The molecule has 4 heteroatoms. The van der Waals surface area contributed by atoms with E-state index in [9.17, 15) is 9.59 Å². The van der Waals surface area contributed by atoms with E-state index in [-0.39, 0.29) is 16.4 Å². The standard InChI is InChI=1S/C14H24O4/c1-13(2,3)10(14(4,5)6)9(11(15)17-7)12(16)18-8/h1-8H3. The van der Waals surface area contributed by atoms with Crippen molar-refractivity contribution >= 4 is 11.9 Å². The molecule has 4 nitrogen and oxygen atoms in total. The van der Waals surface area contributed by atoms with Gasteiger partial charge in [0.2, 0.25) is 0 Å². The normalized spacial score (nSPS) is 11.8. The molecule has 18 heavy (non-hydrogen) atoms. The van der Waals surface area contributed by atoms with Crippen molar-refractivity contribution in [3.05, 3.63) is 11.1 Å². The third-order valence-corrected chi connectivity index (χ3v) is 2.53. The smallest absolute Gasteiger partial charge is 0.345 e. The van der Waals surface area contributed by atoms with Crippen molar-refractivity contribution in [2.24, 2.45) is 10.8 Å². The van der Waals surface area contributed by atoms with Gasteiger partial charge in [0.25, 0.3) is 0 Å². The number of ether oxygens (including phenoxy) is 2. The van der Waals surface area contributed by atoms with Gasteiger partial charge in [-0.1, -0.05) is 41.5 Å². The Morgan fingerprint density at radius 3 is 1.17 bits per heavy atom. The summed E-state index contributed by atoms with van der Waals surface area (Å²) in [6.45, 7) is 11.7. The lowest BCUT2D eigenvalue weighted by atomic mass is 9.69. The molecule has 0 saturated carbocycles. The Kier molecular flexibility index (Phi) is 5.14. The third-order valence-electron chi connectivity index (χ3n) is 2.53. The van der Waals surface area contributed by atoms with E-state index in [0.29, 0.717) is 0 Å². The van der Waals surface area contributed by atoms with Crippen LogP contribution in [0, 0.1) is 10.8 Å². The molecule has 0 fully saturated rings. The predicted octanol–water partition coefficient (Wildman–Crippen LogP) is 2.72. The minimum atomic E-state index is -0.651. The maximum absolute atomic E-state index is 11.9. The molecule has 0 aromatic carbocycles. The summed E-state index contributed by atoms with van der Waals surface area (Å²) in [4.78, 5) is 23.7. The molecule has 0 N–H and O–H groups in total. The van der Waals surface area contributed by atoms with Crippen LogP contribution in [0.4, 0.5) is 0 Å². The zero-order valence-corrected chi connectivity index (χ0v) is 12.6. The van der Waals surface area contributed by atoms with Crippen molar-refractivity contribution in [3.63, 3.8) is 0 Å². The van der Waals surface area contributed by atoms with E-state index in [2.05, 4.69) is 0 Å². The maximum atomic E-state index is 11.9. The van der Waals surface area contributed by atoms with Gasteiger partial charge >= 0.3 is 11.9 Å². The van der Waals surface area contributed by atoms with Crippen LogP contribution in [-0.4, -0.2) is 26.2 Å². The fraction of sp³-hybridized carbons (Fsp3) is 0.714. The summed E-state index contributed by atoms with van der Waals surface area (Å²) in [6, 6.07) is 0. The van der Waals surface area contributed by atoms with E-state index >= 15 is 0 Å². The zero-order chi connectivity index (χ0) is 14.7. The van der Waals surface area contributed by atoms with E-state index in [4.69, 9.17) is 9.47 Å². The Balaban J connectivity index is 6.21. The topological polar surface area (TPSA) is 52.6 Å². The molecule has 0 radical (unpaired) electrons. The molecule has 0 heterocycles. The Morgan fingerprint density at radius 1 is 0.722 bits per heavy atom. The number of methoxy groups -OCH3 is 2. The lowest BCUT2D eigenvalue weighted by Gasteiger charge is -2.35. The average molecular weight is 256 g/mol. The summed E-state index contributed by atoms with van der Waals surface area (Å²) < 4.78 is 9.42. The number of rotatable bonds is 2. The van der Waals surface area contributed by atoms with Crippen LogP contribution in [0.3, 0.4) is 0 Å². The van der Waals surface area contributed by atoms with E-state index in [0.717, 1.165) is 5.57 Å². The highest BCUT2D eigenvalue weighted by molar-refractivity contribution is 6.15. The first-order valence-electron chi connectivity index (χ1n) is 5.88. The molecule has 0 amide bonds. The number of esters is 2. The lowest BCUT2D eigenvalue weighted by molar-refractivity contribution is -0.144. The van der Waals surface area contributed by atoms with Crippen LogP contribution in [0.2, 0.25) is 0 Å². The van der Waals surface area contributed by atoms with Crippen LogP contribution in [0.1, 0.15) is 41.5 Å². The molecule has 0 unspecified atom stereocenters. The SMILES string of the molecule is COC(=O)C(C(=O)OC)=C(C(C)(C)C)C(C)(C)C. The molecular formula is C14H24O4. The Bertz CT molecular complexity index is 330. The van der Waals surface area contributed by atoms with Gasteiger partial charge in [-0.2, -0.15) is 0 Å². The van der Waals surface area contributed by atoms with E-state index in [1.165, 1.54) is 14.2 Å². The highest BCUT2D eigenvalue weighted by Crippen LogP contribution is 2.41. The highest BCUT2D eigenvalue weighted by Gasteiger charge is 2.37. The molecule has 0 aromatic heterocycles. The first-order chi connectivity index (χ1) is 7.96. The summed E-state index contributed by atoms with van der Waals surface area (Å²) >= 11 is 0. The van der Waals surface area contributed by atoms with Crippen molar-refractivity contribution in [1.82, 2.24) is 0 Å². The number of hydrogen-bond acceptors (Lipinski definition) is 4. The van der Waals surface area contributed by atoms with Gasteiger partial charge in [-0.3, -0.25) is 0 Å². The molecule has 0 aromatic rings. The van der Waals surface area contributed by atoms with Crippen molar-refractivity contribution in [2.45, 2.75) is 41.5 Å². The van der Waals surface area contributed by atoms with Crippen LogP contribution in [-0.2, 0) is 19.1 Å². The van der Waals surface area contributed by atoms with Gasteiger partial charge in [0, 0.05) is 0 Å². The molecular weight excluding hydrogens is 232 g/mol. The monoisotopic (exact) mass is 256 g/mol. The van der Waals surface area contributed by atoms with E-state index < -0.39 is 11.9 Å². The van der Waals surface area contributed by atoms with Crippen molar-refractivity contribution in [2.75, 3.05) is 14.2 Å². The van der Waals surface area contributed by atoms with Crippen LogP contribution in [0.15, 0.2) is 11.1 Å². The van der Waals surface area contributed by atoms with E-state index in [1.54, 1.807) is 0 Å². The second-order valence-corrected chi connectivity index (χ2v) is 6.23. The quantitative estimate of drug-likeness (QED) is 0.330. The van der Waals surface area contributed by atoms with Gasteiger partial charge in [0.05, 0.1) is 14.2 Å². The van der Waals surface area contributed by atoms with Crippen molar-refractivity contribution < 1.29 is 19.1 Å². The lowest BCUT2D eigenvalue weighted by Crippen LogP contribution is -2.30. The Labute approximate surface area is 109 Å². The molecule has 0 aliphatic rings. The van der Waals surface area contributed by atoms with Crippen LogP contribution < -0.4 is 0 Å². The molecule has 0 aliphatic carbocycles. The summed E-state index contributed by atoms with van der Waals surface area (Å²) in [6.07, 6.45) is 0. The first-order valence-corrected chi connectivity index (χ1v) is 5.88. The number of allylic oxidation sites excluding steroid dienone is 1. The molecule has 0 atom stereocenters. The molecule has 104 valence electrons. The van der Waals surface area contributed by atoms with Crippen LogP contribution in [0.25, 0.3) is 0 Å². The fourth-order valence-electron chi connectivity index (χ4n) is 2.37. The number of carbonyl (C=O) groups excluding carboxylic acids is 2. The molecule has 0 saturated heterocycles. The summed E-state index contributed by atoms with van der Waals surface area (Å²) in [5, 5.41) is 0. The first kappa shape index (κ1) is 16.7. The Hall–Kier alpha value is -1.32. The largest absolute Gasteiger partial charge is 0.465 e. The minimum Gasteiger partial charge on any atom is -0.465 e. The summed E-state index contributed by atoms with van der Waals surface area (Å²) in [5.41, 5.74) is 0.0556.